The number of nitrogens with two attached hydrogens (primary N) is 1. The van der Waals surface area contributed by atoms with Crippen LogP contribution in [0, 0.1) is 0 Å². The van der Waals surface area contributed by atoms with E-state index in [-0.39, 0.29) is 0 Å². The zero-order chi connectivity index (χ0) is 8.97. The monoisotopic (exact) mass is 184 g/mol. The molecule has 4 nitrogen and oxygen atoms in total. The first-order valence-corrected chi connectivity index (χ1v) is 4.91. The van der Waals surface area contributed by atoms with Gasteiger partial charge in [-0.25, -0.2) is 15.8 Å². The normalized spacial score (nSPS) is 9.92. The summed E-state index contributed by atoms with van der Waals surface area (Å²) in [4.78, 5) is 8.43. The first-order valence-electron chi connectivity index (χ1n) is 3.68. The molecule has 0 atom stereocenters. The fourth-order valence-corrected chi connectivity index (χ4v) is 1.24. The molecule has 0 unspecified atom stereocenters. The second-order valence-electron chi connectivity index (χ2n) is 2.21. The van der Waals surface area contributed by atoms with E-state index in [1.807, 2.05) is 19.2 Å². The van der Waals surface area contributed by atoms with Crippen molar-refractivity contribution in [1.82, 2.24) is 9.97 Å². The molecule has 3 N–H and O–H groups in total. The Morgan fingerprint density at radius 2 is 2.33 bits per heavy atom. The van der Waals surface area contributed by atoms with Crippen molar-refractivity contribution in [3.8, 4) is 0 Å². The van der Waals surface area contributed by atoms with Crippen LogP contribution in [-0.2, 0) is 6.42 Å². The highest BCUT2D eigenvalue weighted by atomic mass is 32.2. The summed E-state index contributed by atoms with van der Waals surface area (Å²) in [5.74, 6) is 6.73. The van der Waals surface area contributed by atoms with E-state index in [9.17, 15) is 0 Å². The lowest BCUT2D eigenvalue weighted by molar-refractivity contribution is 0.889. The number of nitrogens with zero attached hydrogens (tertiary/aromatic N) is 2. The molecule has 0 saturated heterocycles. The third-order valence-corrected chi connectivity index (χ3v) is 2.05. The maximum Gasteiger partial charge on any atom is 0.144 e. The molecule has 0 aromatic carbocycles. The number of thioether (sulfide) groups is 1. The number of aryl methyl sites for hydroxylation is 1. The molecule has 1 aromatic rings. The fourth-order valence-electron chi connectivity index (χ4n) is 0.809. The maximum atomic E-state index is 5.25. The van der Waals surface area contributed by atoms with E-state index in [4.69, 9.17) is 5.84 Å². The zero-order valence-corrected chi connectivity index (χ0v) is 7.98. The Morgan fingerprint density at radius 1 is 1.58 bits per heavy atom. The van der Waals surface area contributed by atoms with Gasteiger partial charge in [-0.05, 0) is 6.26 Å². The molecule has 66 valence electrons. The van der Waals surface area contributed by atoms with Gasteiger partial charge < -0.3 is 5.43 Å². The lowest BCUT2D eigenvalue weighted by Gasteiger charge is -2.03. The average molecular weight is 184 g/mol. The molecule has 0 radical (unpaired) electrons. The number of nitrogen functional groups attached to an aromatic ring is 1. The van der Waals surface area contributed by atoms with Gasteiger partial charge >= 0.3 is 0 Å². The first-order chi connectivity index (χ1) is 5.80. The van der Waals surface area contributed by atoms with Crippen molar-refractivity contribution < 1.29 is 0 Å². The molecule has 0 bridgehead atoms. The molecule has 0 aliphatic carbocycles. The summed E-state index contributed by atoms with van der Waals surface area (Å²) in [6, 6.07) is 1.82. The number of hydrazine groups is 1. The summed E-state index contributed by atoms with van der Waals surface area (Å²) in [5.41, 5.74) is 2.51. The van der Waals surface area contributed by atoms with Gasteiger partial charge in [-0.1, -0.05) is 6.92 Å². The average Bonchev–Trinajstić information content (AvgIpc) is 2.16. The molecule has 0 aliphatic rings. The highest BCUT2D eigenvalue weighted by Crippen LogP contribution is 2.14. The van der Waals surface area contributed by atoms with Crippen LogP contribution in [0.5, 0.6) is 0 Å². The quantitative estimate of drug-likeness (QED) is 0.318. The van der Waals surface area contributed by atoms with E-state index in [1.54, 1.807) is 11.8 Å². The van der Waals surface area contributed by atoms with Gasteiger partial charge in [0.15, 0.2) is 0 Å². The molecule has 12 heavy (non-hydrogen) atoms. The topological polar surface area (TPSA) is 63.8 Å². The molecule has 0 fully saturated rings. The smallest absolute Gasteiger partial charge is 0.144 e. The largest absolute Gasteiger partial charge is 0.308 e. The summed E-state index contributed by atoms with van der Waals surface area (Å²) >= 11 is 1.58. The Kier molecular flexibility index (Phi) is 3.31. The number of aromatic nitrogens is 2. The van der Waals surface area contributed by atoms with Crippen molar-refractivity contribution in [1.29, 1.82) is 0 Å². The van der Waals surface area contributed by atoms with Crippen LogP contribution in [0.2, 0.25) is 0 Å². The van der Waals surface area contributed by atoms with Gasteiger partial charge in [0.2, 0.25) is 0 Å². The van der Waals surface area contributed by atoms with Gasteiger partial charge in [0.05, 0.1) is 0 Å². The Balaban J connectivity index is 3.01. The molecule has 5 heteroatoms. The summed E-state index contributed by atoms with van der Waals surface area (Å²) in [6.45, 7) is 2.01. The van der Waals surface area contributed by atoms with E-state index in [1.165, 1.54) is 0 Å². The van der Waals surface area contributed by atoms with Crippen molar-refractivity contribution in [3.05, 3.63) is 11.9 Å². The summed E-state index contributed by atoms with van der Waals surface area (Å²) in [5, 5.41) is 0.940. The Hall–Kier alpha value is -0.810. The SMILES string of the molecule is CCc1nc(NN)cc(SC)n1. The van der Waals surface area contributed by atoms with E-state index in [0.717, 1.165) is 17.3 Å². The third kappa shape index (κ3) is 2.09. The summed E-state index contributed by atoms with van der Waals surface area (Å²) in [7, 11) is 0. The fraction of sp³-hybridized carbons (Fsp3) is 0.429. The minimum Gasteiger partial charge on any atom is -0.308 e. The number of hydrogen-bond acceptors (Lipinski definition) is 5. The second kappa shape index (κ2) is 4.27. The van der Waals surface area contributed by atoms with Crippen molar-refractivity contribution in [2.45, 2.75) is 18.4 Å². The minimum atomic E-state index is 0.672. The predicted octanol–water partition coefficient (Wildman–Crippen LogP) is 1.05. The number of hydrogen-bond donors (Lipinski definition) is 2. The minimum absolute atomic E-state index is 0.672. The highest BCUT2D eigenvalue weighted by molar-refractivity contribution is 7.98. The molecule has 0 aliphatic heterocycles. The Labute approximate surface area is 75.9 Å². The van der Waals surface area contributed by atoms with Crippen LogP contribution in [0.4, 0.5) is 5.82 Å². The molecule has 1 aromatic heterocycles. The maximum absolute atomic E-state index is 5.25. The third-order valence-electron chi connectivity index (χ3n) is 1.42. The van der Waals surface area contributed by atoms with Crippen molar-refractivity contribution in [2.24, 2.45) is 5.84 Å². The lowest BCUT2D eigenvalue weighted by Crippen LogP contribution is -2.10. The Morgan fingerprint density at radius 3 is 2.83 bits per heavy atom. The van der Waals surface area contributed by atoms with E-state index in [2.05, 4.69) is 15.4 Å². The van der Waals surface area contributed by atoms with Crippen LogP contribution in [0.1, 0.15) is 12.7 Å². The summed E-state index contributed by atoms with van der Waals surface area (Å²) < 4.78 is 0. The van der Waals surface area contributed by atoms with Crippen LogP contribution < -0.4 is 11.3 Å². The van der Waals surface area contributed by atoms with Crippen molar-refractivity contribution in [2.75, 3.05) is 11.7 Å². The first kappa shape index (κ1) is 9.28. The van der Waals surface area contributed by atoms with Gasteiger partial charge in [-0.2, -0.15) is 0 Å². The van der Waals surface area contributed by atoms with Gasteiger partial charge in [0, 0.05) is 12.5 Å². The molecular formula is C7H12N4S. The number of anilines is 1. The molecule has 0 amide bonds. The molecule has 1 heterocycles. The Bertz CT molecular complexity index is 208. The van der Waals surface area contributed by atoms with Crippen LogP contribution in [0.25, 0.3) is 0 Å². The number of nitrogens with one attached hydrogen (secondary N) is 1. The van der Waals surface area contributed by atoms with E-state index in [0.29, 0.717) is 5.82 Å². The van der Waals surface area contributed by atoms with Crippen LogP contribution in [-0.4, -0.2) is 16.2 Å². The highest BCUT2D eigenvalue weighted by Gasteiger charge is 2.00. The van der Waals surface area contributed by atoms with Crippen molar-refractivity contribution >= 4 is 17.6 Å². The molecular weight excluding hydrogens is 172 g/mol. The van der Waals surface area contributed by atoms with Crippen molar-refractivity contribution in [3.63, 3.8) is 0 Å². The van der Waals surface area contributed by atoms with Crippen LogP contribution in [0.15, 0.2) is 11.1 Å². The standard InChI is InChI=1S/C7H12N4S/c1-3-5-9-6(11-8)4-7(10-5)12-2/h4H,3,8H2,1-2H3,(H,9,10,11). The summed E-state index contributed by atoms with van der Waals surface area (Å²) in [6.07, 6.45) is 2.80. The zero-order valence-electron chi connectivity index (χ0n) is 7.16. The second-order valence-corrected chi connectivity index (χ2v) is 3.04. The van der Waals surface area contributed by atoms with E-state index < -0.39 is 0 Å². The van der Waals surface area contributed by atoms with E-state index >= 15 is 0 Å². The van der Waals surface area contributed by atoms with Crippen LogP contribution in [0.3, 0.4) is 0 Å². The van der Waals surface area contributed by atoms with Gasteiger partial charge in [-0.15, -0.1) is 11.8 Å². The van der Waals surface area contributed by atoms with Gasteiger partial charge in [0.1, 0.15) is 16.7 Å². The molecule has 0 saturated carbocycles. The number of rotatable bonds is 3. The van der Waals surface area contributed by atoms with Gasteiger partial charge in [0.25, 0.3) is 0 Å². The molecule has 1 rings (SSSR count). The lowest BCUT2D eigenvalue weighted by atomic mass is 10.4. The molecule has 0 spiro atoms. The van der Waals surface area contributed by atoms with Crippen LogP contribution >= 0.6 is 11.8 Å². The predicted molar refractivity (Wildman–Crippen MR) is 51.0 cm³/mol. The van der Waals surface area contributed by atoms with Gasteiger partial charge in [-0.3, -0.25) is 0 Å².